The molecule has 0 spiro atoms. The standard InChI is InChI=1S/C9H5BrFN3/c10-8-4-7(5-9(11)6-8)2-1-3-13-14-12/h4-6H,3H2. The first-order valence-electron chi connectivity index (χ1n) is 3.68. The molecule has 0 heterocycles. The molecule has 0 amide bonds. The highest BCUT2D eigenvalue weighted by Crippen LogP contribution is 2.13. The van der Waals surface area contributed by atoms with E-state index in [2.05, 4.69) is 37.8 Å². The van der Waals surface area contributed by atoms with Gasteiger partial charge in [-0.15, -0.1) is 0 Å². The normalized spacial score (nSPS) is 8.43. The largest absolute Gasteiger partial charge is 0.207 e. The molecular weight excluding hydrogens is 249 g/mol. The number of nitrogens with zero attached hydrogens (tertiary/aromatic N) is 3. The predicted octanol–water partition coefficient (Wildman–Crippen LogP) is 3.25. The first-order chi connectivity index (χ1) is 6.72. The maximum Gasteiger partial charge on any atom is 0.125 e. The molecule has 0 saturated carbocycles. The zero-order valence-electron chi connectivity index (χ0n) is 7.04. The van der Waals surface area contributed by atoms with Gasteiger partial charge in [-0.1, -0.05) is 32.9 Å². The van der Waals surface area contributed by atoms with Crippen LogP contribution in [0.5, 0.6) is 0 Å². The van der Waals surface area contributed by atoms with Crippen LogP contribution in [0.4, 0.5) is 4.39 Å². The number of rotatable bonds is 1. The molecule has 0 aromatic heterocycles. The van der Waals surface area contributed by atoms with Gasteiger partial charge in [0.2, 0.25) is 0 Å². The molecule has 1 aromatic rings. The third-order valence-corrected chi connectivity index (χ3v) is 1.77. The predicted molar refractivity (Wildman–Crippen MR) is 55.0 cm³/mol. The molecular formula is C9H5BrFN3. The third-order valence-electron chi connectivity index (χ3n) is 1.31. The van der Waals surface area contributed by atoms with Crippen LogP contribution >= 0.6 is 15.9 Å². The number of hydrogen-bond acceptors (Lipinski definition) is 1. The first kappa shape index (κ1) is 10.6. The summed E-state index contributed by atoms with van der Waals surface area (Å²) in [6.07, 6.45) is 0. The number of halogens is 2. The molecule has 1 aromatic carbocycles. The molecule has 5 heteroatoms. The van der Waals surface area contributed by atoms with E-state index in [0.29, 0.717) is 10.0 Å². The lowest BCUT2D eigenvalue weighted by atomic mass is 10.2. The van der Waals surface area contributed by atoms with Crippen molar-refractivity contribution in [2.24, 2.45) is 5.11 Å². The van der Waals surface area contributed by atoms with Gasteiger partial charge in [-0.3, -0.25) is 0 Å². The zero-order valence-corrected chi connectivity index (χ0v) is 8.62. The Balaban J connectivity index is 2.84. The molecule has 0 saturated heterocycles. The summed E-state index contributed by atoms with van der Waals surface area (Å²) >= 11 is 3.15. The van der Waals surface area contributed by atoms with Crippen molar-refractivity contribution in [2.75, 3.05) is 6.54 Å². The van der Waals surface area contributed by atoms with Crippen molar-refractivity contribution in [3.8, 4) is 11.8 Å². The zero-order chi connectivity index (χ0) is 10.4. The van der Waals surface area contributed by atoms with Crippen molar-refractivity contribution in [3.05, 3.63) is 44.5 Å². The molecule has 0 radical (unpaired) electrons. The number of hydrogen-bond donors (Lipinski definition) is 0. The Morgan fingerprint density at radius 3 is 2.93 bits per heavy atom. The number of azide groups is 1. The average molecular weight is 254 g/mol. The lowest BCUT2D eigenvalue weighted by Gasteiger charge is -1.93. The van der Waals surface area contributed by atoms with Crippen LogP contribution in [0, 0.1) is 17.7 Å². The van der Waals surface area contributed by atoms with E-state index in [0.717, 1.165) is 0 Å². The van der Waals surface area contributed by atoms with Crippen LogP contribution in [0.1, 0.15) is 5.56 Å². The van der Waals surface area contributed by atoms with Gasteiger partial charge in [0.05, 0.1) is 6.54 Å². The Morgan fingerprint density at radius 2 is 2.29 bits per heavy atom. The lowest BCUT2D eigenvalue weighted by Crippen LogP contribution is -1.79. The summed E-state index contributed by atoms with van der Waals surface area (Å²) in [6, 6.07) is 4.35. The molecule has 3 nitrogen and oxygen atoms in total. The quantitative estimate of drug-likeness (QED) is 0.319. The highest BCUT2D eigenvalue weighted by molar-refractivity contribution is 9.10. The second kappa shape index (κ2) is 5.28. The van der Waals surface area contributed by atoms with E-state index in [1.807, 2.05) is 0 Å². The Labute approximate surface area is 88.7 Å². The van der Waals surface area contributed by atoms with Crippen molar-refractivity contribution in [2.45, 2.75) is 0 Å². The third kappa shape index (κ3) is 3.48. The minimum atomic E-state index is -0.354. The highest BCUT2D eigenvalue weighted by atomic mass is 79.9. The van der Waals surface area contributed by atoms with Crippen LogP contribution in [-0.4, -0.2) is 6.54 Å². The van der Waals surface area contributed by atoms with Gasteiger partial charge in [0.15, 0.2) is 0 Å². The summed E-state index contributed by atoms with van der Waals surface area (Å²) in [5, 5.41) is 3.23. The molecule has 0 aliphatic heterocycles. The summed E-state index contributed by atoms with van der Waals surface area (Å²) in [7, 11) is 0. The van der Waals surface area contributed by atoms with Crippen LogP contribution in [0.15, 0.2) is 27.8 Å². The van der Waals surface area contributed by atoms with Gasteiger partial charge >= 0.3 is 0 Å². The van der Waals surface area contributed by atoms with Crippen LogP contribution in [0.2, 0.25) is 0 Å². The van der Waals surface area contributed by atoms with Crippen molar-refractivity contribution >= 4 is 15.9 Å². The van der Waals surface area contributed by atoms with Crippen molar-refractivity contribution in [1.29, 1.82) is 0 Å². The van der Waals surface area contributed by atoms with Gasteiger partial charge in [-0.05, 0) is 23.7 Å². The fourth-order valence-corrected chi connectivity index (χ4v) is 1.30. The average Bonchev–Trinajstić information content (AvgIpc) is 2.11. The smallest absolute Gasteiger partial charge is 0.125 e. The SMILES string of the molecule is [N-]=[N+]=NCC#Cc1cc(F)cc(Br)c1. The van der Waals surface area contributed by atoms with Crippen LogP contribution < -0.4 is 0 Å². The van der Waals surface area contributed by atoms with E-state index >= 15 is 0 Å². The highest BCUT2D eigenvalue weighted by Gasteiger charge is 1.94. The van der Waals surface area contributed by atoms with E-state index in [1.165, 1.54) is 12.1 Å². The molecule has 0 aliphatic rings. The minimum Gasteiger partial charge on any atom is -0.207 e. The molecule has 0 aliphatic carbocycles. The fourth-order valence-electron chi connectivity index (χ4n) is 0.835. The molecule has 0 fully saturated rings. The van der Waals surface area contributed by atoms with E-state index in [4.69, 9.17) is 5.53 Å². The second-order valence-electron chi connectivity index (χ2n) is 2.35. The number of benzene rings is 1. The van der Waals surface area contributed by atoms with E-state index in [1.54, 1.807) is 6.07 Å². The maximum absolute atomic E-state index is 12.8. The molecule has 70 valence electrons. The summed E-state index contributed by atoms with van der Waals surface area (Å²) in [4.78, 5) is 2.54. The van der Waals surface area contributed by atoms with Crippen molar-refractivity contribution in [3.63, 3.8) is 0 Å². The Bertz CT molecular complexity index is 421. The van der Waals surface area contributed by atoms with Gasteiger partial charge in [-0.25, -0.2) is 4.39 Å². The monoisotopic (exact) mass is 253 g/mol. The van der Waals surface area contributed by atoms with Gasteiger partial charge in [0.25, 0.3) is 0 Å². The first-order valence-corrected chi connectivity index (χ1v) is 4.47. The van der Waals surface area contributed by atoms with E-state index in [-0.39, 0.29) is 12.4 Å². The van der Waals surface area contributed by atoms with Crippen LogP contribution in [0.25, 0.3) is 10.4 Å². The molecule has 0 N–H and O–H groups in total. The maximum atomic E-state index is 12.8. The molecule has 1 rings (SSSR count). The molecule has 14 heavy (non-hydrogen) atoms. The summed E-state index contributed by atoms with van der Waals surface area (Å²) < 4.78 is 13.5. The summed E-state index contributed by atoms with van der Waals surface area (Å²) in [6.45, 7) is 0.0879. The van der Waals surface area contributed by atoms with Crippen molar-refractivity contribution in [1.82, 2.24) is 0 Å². The molecule has 0 atom stereocenters. The molecule has 0 bridgehead atoms. The Hall–Kier alpha value is -1.50. The van der Waals surface area contributed by atoms with Crippen molar-refractivity contribution < 1.29 is 4.39 Å². The lowest BCUT2D eigenvalue weighted by molar-refractivity contribution is 0.626. The topological polar surface area (TPSA) is 48.8 Å². The fraction of sp³-hybridized carbons (Fsp3) is 0.111. The van der Waals surface area contributed by atoms with Gasteiger partial charge in [-0.2, -0.15) is 0 Å². The summed E-state index contributed by atoms with van der Waals surface area (Å²) in [5.74, 6) is 4.92. The van der Waals surface area contributed by atoms with Gasteiger partial charge in [0, 0.05) is 14.9 Å². The Morgan fingerprint density at radius 1 is 1.50 bits per heavy atom. The Kier molecular flexibility index (Phi) is 3.99. The minimum absolute atomic E-state index is 0.0879. The second-order valence-corrected chi connectivity index (χ2v) is 3.26. The molecule has 0 unspecified atom stereocenters. The van der Waals surface area contributed by atoms with E-state index in [9.17, 15) is 4.39 Å². The van der Waals surface area contributed by atoms with E-state index < -0.39 is 0 Å². The van der Waals surface area contributed by atoms with Crippen LogP contribution in [0.3, 0.4) is 0 Å². The van der Waals surface area contributed by atoms with Gasteiger partial charge < -0.3 is 0 Å². The summed E-state index contributed by atoms with van der Waals surface area (Å²) in [5.41, 5.74) is 8.52. The van der Waals surface area contributed by atoms with Crippen LogP contribution in [-0.2, 0) is 0 Å². The van der Waals surface area contributed by atoms with Gasteiger partial charge in [0.1, 0.15) is 5.82 Å².